The van der Waals surface area contributed by atoms with Gasteiger partial charge in [-0.05, 0) is 18.9 Å². The topological polar surface area (TPSA) is 101 Å². The normalized spacial score (nSPS) is 15.4. The van der Waals surface area contributed by atoms with E-state index in [1.54, 1.807) is 25.4 Å². The van der Waals surface area contributed by atoms with E-state index in [-0.39, 0.29) is 0 Å². The molecule has 1 saturated carbocycles. The minimum Gasteiger partial charge on any atom is -0.497 e. The van der Waals surface area contributed by atoms with Gasteiger partial charge in [-0.1, -0.05) is 19.3 Å². The van der Waals surface area contributed by atoms with E-state index in [2.05, 4.69) is 20.1 Å². The van der Waals surface area contributed by atoms with Crippen LogP contribution in [-0.4, -0.2) is 31.8 Å². The van der Waals surface area contributed by atoms with Crippen LogP contribution in [0.5, 0.6) is 17.5 Å². The van der Waals surface area contributed by atoms with E-state index in [9.17, 15) is 0 Å². The number of fused-ring (bicyclic) bond motifs is 1. The molecule has 3 aromatic heterocycles. The van der Waals surface area contributed by atoms with Crippen molar-refractivity contribution < 1.29 is 9.47 Å². The maximum absolute atomic E-state index is 6.08. The summed E-state index contributed by atoms with van der Waals surface area (Å²) in [7, 11) is 1.60. The Bertz CT molecular complexity index is 888. The highest BCUT2D eigenvalue weighted by Gasteiger charge is 2.24. The van der Waals surface area contributed by atoms with Gasteiger partial charge in [0, 0.05) is 12.3 Å². The first-order valence-corrected chi connectivity index (χ1v) is 8.43. The van der Waals surface area contributed by atoms with Crippen molar-refractivity contribution in [2.45, 2.75) is 38.1 Å². The van der Waals surface area contributed by atoms with Crippen molar-refractivity contribution in [3.05, 3.63) is 24.7 Å². The fourth-order valence-corrected chi connectivity index (χ4v) is 3.29. The van der Waals surface area contributed by atoms with E-state index in [4.69, 9.17) is 15.2 Å². The lowest BCUT2D eigenvalue weighted by Gasteiger charge is -2.22. The van der Waals surface area contributed by atoms with E-state index in [1.165, 1.54) is 25.6 Å². The van der Waals surface area contributed by atoms with Gasteiger partial charge in [0.1, 0.15) is 23.3 Å². The molecule has 0 aliphatic heterocycles. The Kier molecular flexibility index (Phi) is 4.09. The molecule has 0 atom stereocenters. The van der Waals surface area contributed by atoms with E-state index < -0.39 is 0 Å². The van der Waals surface area contributed by atoms with Gasteiger partial charge in [0.15, 0.2) is 5.65 Å². The molecule has 8 heteroatoms. The minimum atomic E-state index is 0.307. The molecule has 130 valence electrons. The van der Waals surface area contributed by atoms with Crippen molar-refractivity contribution in [3.63, 3.8) is 0 Å². The van der Waals surface area contributed by atoms with E-state index >= 15 is 0 Å². The van der Waals surface area contributed by atoms with Crippen LogP contribution in [0.2, 0.25) is 0 Å². The molecular weight excluding hydrogens is 320 g/mol. The fourth-order valence-electron chi connectivity index (χ4n) is 3.29. The second kappa shape index (κ2) is 6.54. The number of nitrogens with two attached hydrogens (primary N) is 1. The number of anilines is 1. The molecule has 0 bridgehead atoms. The van der Waals surface area contributed by atoms with Crippen LogP contribution in [0.4, 0.5) is 5.82 Å². The number of ether oxygens (including phenoxy) is 2. The van der Waals surface area contributed by atoms with Crippen LogP contribution in [0.15, 0.2) is 24.7 Å². The quantitative estimate of drug-likeness (QED) is 0.778. The van der Waals surface area contributed by atoms with Gasteiger partial charge in [-0.15, -0.1) is 5.10 Å². The van der Waals surface area contributed by atoms with Crippen LogP contribution in [0.1, 0.15) is 38.1 Å². The first-order chi connectivity index (χ1) is 12.3. The molecule has 0 spiro atoms. The number of nitrogens with zero attached hydrogens (tertiary/aromatic N) is 5. The number of aromatic nitrogens is 5. The molecule has 0 unspecified atom stereocenters. The second-order valence-electron chi connectivity index (χ2n) is 6.14. The Hall–Kier alpha value is -2.90. The summed E-state index contributed by atoms with van der Waals surface area (Å²) in [5.74, 6) is 1.77. The number of methoxy groups -OCH3 is 1. The number of hydrogen-bond acceptors (Lipinski definition) is 7. The number of nitrogen functional groups attached to an aromatic ring is 1. The summed E-state index contributed by atoms with van der Waals surface area (Å²) in [5.41, 5.74) is 6.79. The summed E-state index contributed by atoms with van der Waals surface area (Å²) >= 11 is 0. The van der Waals surface area contributed by atoms with Crippen molar-refractivity contribution in [1.29, 1.82) is 0 Å². The van der Waals surface area contributed by atoms with Crippen LogP contribution in [-0.2, 0) is 0 Å². The van der Waals surface area contributed by atoms with Gasteiger partial charge >= 0.3 is 0 Å². The maximum atomic E-state index is 6.08. The molecule has 1 aliphatic carbocycles. The van der Waals surface area contributed by atoms with Crippen LogP contribution in [0, 0.1) is 0 Å². The predicted octanol–water partition coefficient (Wildman–Crippen LogP) is 3.11. The van der Waals surface area contributed by atoms with Crippen molar-refractivity contribution in [2.75, 3.05) is 12.8 Å². The number of hydrogen-bond donors (Lipinski definition) is 1. The molecule has 3 aromatic rings. The van der Waals surface area contributed by atoms with E-state index in [0.29, 0.717) is 40.4 Å². The van der Waals surface area contributed by atoms with Crippen molar-refractivity contribution in [2.24, 2.45) is 0 Å². The van der Waals surface area contributed by atoms with Gasteiger partial charge < -0.3 is 15.2 Å². The lowest BCUT2D eigenvalue weighted by atomic mass is 9.96. The lowest BCUT2D eigenvalue weighted by Crippen LogP contribution is -2.14. The molecule has 1 aliphatic rings. The zero-order valence-electron chi connectivity index (χ0n) is 14.1. The number of rotatable bonds is 4. The summed E-state index contributed by atoms with van der Waals surface area (Å²) in [6.07, 6.45) is 8.90. The second-order valence-corrected chi connectivity index (χ2v) is 6.14. The molecule has 0 amide bonds. The highest BCUT2D eigenvalue weighted by atomic mass is 16.5. The zero-order valence-corrected chi connectivity index (χ0v) is 14.1. The van der Waals surface area contributed by atoms with Crippen LogP contribution >= 0.6 is 0 Å². The smallest absolute Gasteiger partial charge is 0.253 e. The van der Waals surface area contributed by atoms with E-state index in [1.807, 2.05) is 4.68 Å². The molecule has 4 rings (SSSR count). The standard InChI is InChI=1S/C17H20N6O2/c1-24-12-7-8-19-13(9-12)25-17-14-15(18)20-10-21-16(14)23(22-17)11-5-3-2-4-6-11/h7-11H,2-6H2,1H3,(H2,18,20,21). The third kappa shape index (κ3) is 2.95. The SMILES string of the molecule is COc1ccnc(Oc2nn(C3CCCCC3)c3ncnc(N)c23)c1. The zero-order chi connectivity index (χ0) is 17.2. The summed E-state index contributed by atoms with van der Waals surface area (Å²) in [6.45, 7) is 0. The molecular formula is C17H20N6O2. The molecule has 0 saturated heterocycles. The third-order valence-corrected chi connectivity index (χ3v) is 4.55. The van der Waals surface area contributed by atoms with Crippen molar-refractivity contribution in [3.8, 4) is 17.5 Å². The molecule has 25 heavy (non-hydrogen) atoms. The minimum absolute atomic E-state index is 0.307. The van der Waals surface area contributed by atoms with Crippen LogP contribution in [0.25, 0.3) is 11.0 Å². The summed E-state index contributed by atoms with van der Waals surface area (Å²) < 4.78 is 13.0. The van der Waals surface area contributed by atoms with Crippen LogP contribution in [0.3, 0.4) is 0 Å². The Labute approximate surface area is 145 Å². The van der Waals surface area contributed by atoms with Crippen molar-refractivity contribution >= 4 is 16.9 Å². The molecule has 0 aromatic carbocycles. The highest BCUT2D eigenvalue weighted by molar-refractivity contribution is 5.90. The maximum Gasteiger partial charge on any atom is 0.253 e. The molecule has 8 nitrogen and oxygen atoms in total. The van der Waals surface area contributed by atoms with Gasteiger partial charge in [0.25, 0.3) is 5.88 Å². The average Bonchev–Trinajstić information content (AvgIpc) is 3.02. The van der Waals surface area contributed by atoms with Gasteiger partial charge in [-0.2, -0.15) is 0 Å². The number of pyridine rings is 1. The Balaban J connectivity index is 1.77. The van der Waals surface area contributed by atoms with Crippen molar-refractivity contribution in [1.82, 2.24) is 24.7 Å². The molecule has 3 heterocycles. The third-order valence-electron chi connectivity index (χ3n) is 4.55. The Morgan fingerprint density at radius 2 is 2.00 bits per heavy atom. The van der Waals surface area contributed by atoms with E-state index in [0.717, 1.165) is 12.8 Å². The Morgan fingerprint density at radius 3 is 2.80 bits per heavy atom. The lowest BCUT2D eigenvalue weighted by molar-refractivity contribution is 0.326. The van der Waals surface area contributed by atoms with Gasteiger partial charge in [-0.25, -0.2) is 19.6 Å². The van der Waals surface area contributed by atoms with Crippen LogP contribution < -0.4 is 15.2 Å². The first kappa shape index (κ1) is 15.6. The van der Waals surface area contributed by atoms with Gasteiger partial charge in [0.2, 0.25) is 5.88 Å². The predicted molar refractivity (Wildman–Crippen MR) is 92.7 cm³/mol. The monoisotopic (exact) mass is 340 g/mol. The Morgan fingerprint density at radius 1 is 1.16 bits per heavy atom. The fraction of sp³-hybridized carbons (Fsp3) is 0.412. The summed E-state index contributed by atoms with van der Waals surface area (Å²) in [6, 6.07) is 3.76. The summed E-state index contributed by atoms with van der Waals surface area (Å²) in [5, 5.41) is 5.28. The average molecular weight is 340 g/mol. The molecule has 0 radical (unpaired) electrons. The molecule has 1 fully saturated rings. The molecule has 2 N–H and O–H groups in total. The highest BCUT2D eigenvalue weighted by Crippen LogP contribution is 2.36. The largest absolute Gasteiger partial charge is 0.497 e. The first-order valence-electron chi connectivity index (χ1n) is 8.43. The van der Waals surface area contributed by atoms with Gasteiger partial charge in [-0.3, -0.25) is 0 Å². The summed E-state index contributed by atoms with van der Waals surface area (Å²) in [4.78, 5) is 12.7. The van der Waals surface area contributed by atoms with Gasteiger partial charge in [0.05, 0.1) is 13.2 Å².